The normalized spacial score (nSPS) is 17.8. The number of hydrogen-bond acceptors (Lipinski definition) is 2. The van der Waals surface area contributed by atoms with Crippen LogP contribution >= 0.6 is 0 Å². The molecule has 0 aromatic heterocycles. The highest BCUT2D eigenvalue weighted by atomic mass is 16.2. The van der Waals surface area contributed by atoms with Crippen molar-refractivity contribution in [1.29, 1.82) is 0 Å². The number of rotatable bonds is 1. The maximum atomic E-state index is 10.7. The molecule has 0 radical (unpaired) electrons. The summed E-state index contributed by atoms with van der Waals surface area (Å²) >= 11 is 0. The molecule has 1 rings (SSSR count). The summed E-state index contributed by atoms with van der Waals surface area (Å²) < 4.78 is 0. The fraction of sp³-hybridized carbons (Fsp3) is 0.625. The number of allylic oxidation sites excluding steroid dienone is 1. The molecular formula is C8H15N3O. The Hall–Kier alpha value is -1.19. The van der Waals surface area contributed by atoms with Crippen LogP contribution in [0.4, 0.5) is 4.79 Å². The first-order valence-corrected chi connectivity index (χ1v) is 4.06. The zero-order valence-corrected chi connectivity index (χ0v) is 7.42. The van der Waals surface area contributed by atoms with Crippen molar-refractivity contribution in [2.75, 3.05) is 26.2 Å². The van der Waals surface area contributed by atoms with Gasteiger partial charge < -0.3 is 15.5 Å². The largest absolute Gasteiger partial charge is 0.372 e. The van der Waals surface area contributed by atoms with E-state index in [0.717, 1.165) is 18.8 Å². The van der Waals surface area contributed by atoms with E-state index in [2.05, 4.69) is 11.5 Å². The molecule has 0 atom stereocenters. The van der Waals surface area contributed by atoms with Crippen molar-refractivity contribution in [3.05, 3.63) is 12.3 Å². The Labute approximate surface area is 72.6 Å². The third-order valence-corrected chi connectivity index (χ3v) is 2.13. The summed E-state index contributed by atoms with van der Waals surface area (Å²) in [6, 6.07) is -0.323. The molecule has 2 amide bonds. The second kappa shape index (κ2) is 3.47. The van der Waals surface area contributed by atoms with Crippen LogP contribution in [0.1, 0.15) is 6.92 Å². The minimum Gasteiger partial charge on any atom is -0.372 e. The van der Waals surface area contributed by atoms with Gasteiger partial charge in [-0.3, -0.25) is 0 Å². The monoisotopic (exact) mass is 169 g/mol. The first kappa shape index (κ1) is 8.90. The van der Waals surface area contributed by atoms with E-state index in [1.54, 1.807) is 4.90 Å². The van der Waals surface area contributed by atoms with Crippen LogP contribution in [0, 0.1) is 0 Å². The molecule has 0 bridgehead atoms. The summed E-state index contributed by atoms with van der Waals surface area (Å²) in [4.78, 5) is 14.5. The maximum absolute atomic E-state index is 10.7. The van der Waals surface area contributed by atoms with Gasteiger partial charge in [-0.1, -0.05) is 6.58 Å². The zero-order chi connectivity index (χ0) is 9.14. The number of nitrogens with two attached hydrogens (primary N) is 1. The minimum atomic E-state index is -0.323. The van der Waals surface area contributed by atoms with Crippen LogP contribution in [0.25, 0.3) is 0 Å². The van der Waals surface area contributed by atoms with Crippen LogP contribution in [0.5, 0.6) is 0 Å². The number of nitrogens with zero attached hydrogens (tertiary/aromatic N) is 2. The van der Waals surface area contributed by atoms with E-state index in [1.165, 1.54) is 0 Å². The molecule has 68 valence electrons. The highest BCUT2D eigenvalue weighted by Crippen LogP contribution is 2.06. The van der Waals surface area contributed by atoms with E-state index in [9.17, 15) is 4.79 Å². The lowest BCUT2D eigenvalue weighted by molar-refractivity contribution is 0.165. The highest BCUT2D eigenvalue weighted by molar-refractivity contribution is 5.72. The van der Waals surface area contributed by atoms with E-state index >= 15 is 0 Å². The van der Waals surface area contributed by atoms with Crippen LogP contribution < -0.4 is 5.73 Å². The van der Waals surface area contributed by atoms with Crippen molar-refractivity contribution in [2.45, 2.75) is 6.92 Å². The predicted molar refractivity (Wildman–Crippen MR) is 47.5 cm³/mol. The molecule has 0 saturated carbocycles. The zero-order valence-electron chi connectivity index (χ0n) is 7.42. The molecule has 2 N–H and O–H groups in total. The van der Waals surface area contributed by atoms with Gasteiger partial charge in [0, 0.05) is 31.9 Å². The van der Waals surface area contributed by atoms with E-state index in [-0.39, 0.29) is 6.03 Å². The fourth-order valence-electron chi connectivity index (χ4n) is 1.31. The van der Waals surface area contributed by atoms with Gasteiger partial charge in [-0.05, 0) is 6.92 Å². The Morgan fingerprint density at radius 1 is 1.25 bits per heavy atom. The Morgan fingerprint density at radius 3 is 2.00 bits per heavy atom. The lowest BCUT2D eigenvalue weighted by atomic mass is 10.3. The maximum Gasteiger partial charge on any atom is 0.314 e. The average Bonchev–Trinajstić information content (AvgIpc) is 2.04. The molecule has 0 unspecified atom stereocenters. The van der Waals surface area contributed by atoms with Gasteiger partial charge in [0.15, 0.2) is 0 Å². The van der Waals surface area contributed by atoms with E-state index in [4.69, 9.17) is 5.73 Å². The lowest BCUT2D eigenvalue weighted by Crippen LogP contribution is -2.49. The molecule has 4 heteroatoms. The second-order valence-corrected chi connectivity index (χ2v) is 3.05. The number of carbonyl (C=O) groups is 1. The molecule has 0 aliphatic carbocycles. The molecule has 0 aromatic carbocycles. The molecular weight excluding hydrogens is 154 g/mol. The van der Waals surface area contributed by atoms with Crippen molar-refractivity contribution < 1.29 is 4.79 Å². The Kier molecular flexibility index (Phi) is 2.58. The van der Waals surface area contributed by atoms with Crippen molar-refractivity contribution in [3.8, 4) is 0 Å². The fourth-order valence-corrected chi connectivity index (χ4v) is 1.31. The topological polar surface area (TPSA) is 49.6 Å². The van der Waals surface area contributed by atoms with Crippen LogP contribution in [-0.2, 0) is 0 Å². The predicted octanol–water partition coefficient (Wildman–Crippen LogP) is 0.216. The molecule has 12 heavy (non-hydrogen) atoms. The van der Waals surface area contributed by atoms with Gasteiger partial charge in [0.2, 0.25) is 0 Å². The van der Waals surface area contributed by atoms with Crippen molar-refractivity contribution in [3.63, 3.8) is 0 Å². The summed E-state index contributed by atoms with van der Waals surface area (Å²) in [5, 5.41) is 0. The summed E-state index contributed by atoms with van der Waals surface area (Å²) in [5.41, 5.74) is 6.19. The molecule has 1 aliphatic heterocycles. The molecule has 0 spiro atoms. The average molecular weight is 169 g/mol. The number of piperazine rings is 1. The van der Waals surface area contributed by atoms with Gasteiger partial charge in [0.1, 0.15) is 0 Å². The third kappa shape index (κ3) is 1.90. The highest BCUT2D eigenvalue weighted by Gasteiger charge is 2.17. The molecule has 4 nitrogen and oxygen atoms in total. The first-order valence-electron chi connectivity index (χ1n) is 4.06. The lowest BCUT2D eigenvalue weighted by Gasteiger charge is -2.35. The minimum absolute atomic E-state index is 0.323. The van der Waals surface area contributed by atoms with E-state index in [0.29, 0.717) is 13.1 Å². The van der Waals surface area contributed by atoms with Gasteiger partial charge in [0.25, 0.3) is 0 Å². The number of urea groups is 1. The molecule has 1 aliphatic rings. The van der Waals surface area contributed by atoms with Gasteiger partial charge in [-0.2, -0.15) is 0 Å². The van der Waals surface area contributed by atoms with Crippen LogP contribution in [0.15, 0.2) is 12.3 Å². The Morgan fingerprint density at radius 2 is 1.67 bits per heavy atom. The summed E-state index contributed by atoms with van der Waals surface area (Å²) in [5.74, 6) is 0. The Bertz CT molecular complexity index is 172. The smallest absolute Gasteiger partial charge is 0.314 e. The number of hydrogen-bond donors (Lipinski definition) is 1. The first-order chi connectivity index (χ1) is 5.61. The molecule has 1 saturated heterocycles. The molecule has 0 aromatic rings. The molecule has 1 heterocycles. The van der Waals surface area contributed by atoms with E-state index < -0.39 is 0 Å². The SMILES string of the molecule is C=C(C)N1CCN(C(N)=O)CC1. The van der Waals surface area contributed by atoms with Gasteiger partial charge in [0.05, 0.1) is 0 Å². The van der Waals surface area contributed by atoms with Crippen LogP contribution in [0.2, 0.25) is 0 Å². The second-order valence-electron chi connectivity index (χ2n) is 3.05. The number of primary amides is 1. The quantitative estimate of drug-likeness (QED) is 0.610. The summed E-state index contributed by atoms with van der Waals surface area (Å²) in [6.07, 6.45) is 0. The third-order valence-electron chi connectivity index (χ3n) is 2.13. The van der Waals surface area contributed by atoms with Gasteiger partial charge >= 0.3 is 6.03 Å². The van der Waals surface area contributed by atoms with Crippen molar-refractivity contribution in [2.24, 2.45) is 5.73 Å². The van der Waals surface area contributed by atoms with Crippen molar-refractivity contribution in [1.82, 2.24) is 9.80 Å². The Balaban J connectivity index is 2.39. The molecule has 1 fully saturated rings. The number of carbonyl (C=O) groups excluding carboxylic acids is 1. The van der Waals surface area contributed by atoms with E-state index in [1.807, 2.05) is 6.92 Å². The number of amides is 2. The summed E-state index contributed by atoms with van der Waals surface area (Å²) in [7, 11) is 0. The van der Waals surface area contributed by atoms with Crippen molar-refractivity contribution >= 4 is 6.03 Å². The van der Waals surface area contributed by atoms with Gasteiger partial charge in [-0.25, -0.2) is 4.79 Å². The van der Waals surface area contributed by atoms with Crippen LogP contribution in [-0.4, -0.2) is 42.0 Å². The standard InChI is InChI=1S/C8H15N3O/c1-7(2)10-3-5-11(6-4-10)8(9)12/h1,3-6H2,2H3,(H2,9,12). The van der Waals surface area contributed by atoms with Gasteiger partial charge in [-0.15, -0.1) is 0 Å². The summed E-state index contributed by atoms with van der Waals surface area (Å²) in [6.45, 7) is 8.92. The van der Waals surface area contributed by atoms with Crippen LogP contribution in [0.3, 0.4) is 0 Å².